The van der Waals surface area contributed by atoms with Crippen molar-refractivity contribution in [3.63, 3.8) is 0 Å². The molecular formula is C18H18N6S2. The highest BCUT2D eigenvalue weighted by molar-refractivity contribution is 7.98. The van der Waals surface area contributed by atoms with Crippen LogP contribution in [0.15, 0.2) is 47.2 Å². The van der Waals surface area contributed by atoms with Gasteiger partial charge in [0.05, 0.1) is 11.9 Å². The lowest BCUT2D eigenvalue weighted by Crippen LogP contribution is -1.84. The number of aromatic amines is 1. The molecule has 0 fully saturated rings. The van der Waals surface area contributed by atoms with Crippen molar-refractivity contribution in [2.45, 2.75) is 24.3 Å². The van der Waals surface area contributed by atoms with Gasteiger partial charge < -0.3 is 0 Å². The number of thiazole rings is 1. The molecule has 8 heteroatoms. The van der Waals surface area contributed by atoms with Gasteiger partial charge in [0.1, 0.15) is 5.01 Å². The molecule has 1 aromatic carbocycles. The van der Waals surface area contributed by atoms with Crippen molar-refractivity contribution in [1.29, 1.82) is 0 Å². The summed E-state index contributed by atoms with van der Waals surface area (Å²) in [7, 11) is 1.91. The van der Waals surface area contributed by atoms with Gasteiger partial charge in [0, 0.05) is 35.5 Å². The molecule has 0 aliphatic heterocycles. The largest absolute Gasteiger partial charge is 0.275 e. The lowest BCUT2D eigenvalue weighted by atomic mass is 10.1. The third-order valence-corrected chi connectivity index (χ3v) is 5.77. The van der Waals surface area contributed by atoms with E-state index >= 15 is 0 Å². The van der Waals surface area contributed by atoms with Gasteiger partial charge in [-0.1, -0.05) is 43.0 Å². The van der Waals surface area contributed by atoms with Crippen LogP contribution < -0.4 is 0 Å². The van der Waals surface area contributed by atoms with Crippen LogP contribution in [0.4, 0.5) is 0 Å². The Labute approximate surface area is 159 Å². The van der Waals surface area contributed by atoms with E-state index in [1.54, 1.807) is 27.8 Å². The summed E-state index contributed by atoms with van der Waals surface area (Å²) in [6, 6.07) is 8.41. The summed E-state index contributed by atoms with van der Waals surface area (Å²) in [5.74, 6) is 1.53. The average Bonchev–Trinajstić information content (AvgIpc) is 3.40. The van der Waals surface area contributed by atoms with Gasteiger partial charge in [-0.3, -0.25) is 9.78 Å². The number of nitrogens with zero attached hydrogens (tertiary/aromatic N) is 5. The Kier molecular flexibility index (Phi) is 4.85. The molecule has 0 aliphatic carbocycles. The monoisotopic (exact) mass is 382 g/mol. The molecule has 0 saturated carbocycles. The van der Waals surface area contributed by atoms with Crippen LogP contribution >= 0.6 is 23.1 Å². The highest BCUT2D eigenvalue weighted by atomic mass is 32.2. The van der Waals surface area contributed by atoms with Gasteiger partial charge in [-0.15, -0.1) is 16.4 Å². The van der Waals surface area contributed by atoms with Gasteiger partial charge in [-0.05, 0) is 12.0 Å². The van der Waals surface area contributed by atoms with Gasteiger partial charge in [0.15, 0.2) is 5.82 Å². The topological polar surface area (TPSA) is 72.3 Å². The Morgan fingerprint density at radius 2 is 2.00 bits per heavy atom. The molecule has 26 heavy (non-hydrogen) atoms. The van der Waals surface area contributed by atoms with Gasteiger partial charge in [-0.25, -0.2) is 9.97 Å². The van der Waals surface area contributed by atoms with Crippen molar-refractivity contribution in [2.24, 2.45) is 7.05 Å². The smallest absolute Gasteiger partial charge is 0.209 e. The quantitative estimate of drug-likeness (QED) is 0.506. The summed E-state index contributed by atoms with van der Waals surface area (Å²) in [6.45, 7) is 2.15. The predicted molar refractivity (Wildman–Crippen MR) is 105 cm³/mol. The minimum absolute atomic E-state index is 0.732. The second-order valence-corrected chi connectivity index (χ2v) is 7.65. The third-order valence-electron chi connectivity index (χ3n) is 3.95. The molecular weight excluding hydrogens is 364 g/mol. The Morgan fingerprint density at radius 3 is 2.73 bits per heavy atom. The molecule has 3 aromatic heterocycles. The van der Waals surface area contributed by atoms with Crippen molar-refractivity contribution in [2.75, 3.05) is 0 Å². The maximum absolute atomic E-state index is 4.67. The first-order chi connectivity index (χ1) is 12.7. The van der Waals surface area contributed by atoms with E-state index in [9.17, 15) is 0 Å². The number of hydrogen-bond acceptors (Lipinski definition) is 6. The van der Waals surface area contributed by atoms with Gasteiger partial charge >= 0.3 is 0 Å². The van der Waals surface area contributed by atoms with Gasteiger partial charge in [-0.2, -0.15) is 5.10 Å². The van der Waals surface area contributed by atoms with E-state index < -0.39 is 0 Å². The lowest BCUT2D eigenvalue weighted by Gasteiger charge is -1.98. The molecule has 3 heterocycles. The fourth-order valence-corrected chi connectivity index (χ4v) is 4.11. The molecule has 0 unspecified atom stereocenters. The summed E-state index contributed by atoms with van der Waals surface area (Å²) in [5.41, 5.74) is 4.44. The SMILES string of the molecule is CCc1ccc(-c2nc(SCc3csc(-c4cnn(C)c4)n3)n[nH]2)cc1. The van der Waals surface area contributed by atoms with Gasteiger partial charge in [0.2, 0.25) is 5.16 Å². The highest BCUT2D eigenvalue weighted by Crippen LogP contribution is 2.27. The van der Waals surface area contributed by atoms with Crippen molar-refractivity contribution in [3.8, 4) is 22.0 Å². The Bertz CT molecular complexity index is 999. The van der Waals surface area contributed by atoms with E-state index in [0.29, 0.717) is 0 Å². The molecule has 0 amide bonds. The normalized spacial score (nSPS) is 11.2. The van der Waals surface area contributed by atoms with E-state index in [-0.39, 0.29) is 0 Å². The maximum atomic E-state index is 4.67. The van der Waals surface area contributed by atoms with E-state index in [1.165, 1.54) is 5.56 Å². The molecule has 1 N–H and O–H groups in total. The molecule has 4 aromatic rings. The standard InChI is InChI=1S/C18H18N6S2/c1-3-12-4-6-13(7-5-12)16-21-18(23-22-16)26-11-15-10-25-17(20-15)14-8-19-24(2)9-14/h4-10H,3,11H2,1-2H3,(H,21,22,23). The molecule has 4 rings (SSSR count). The number of hydrogen-bond donors (Lipinski definition) is 1. The predicted octanol–water partition coefficient (Wildman–Crippen LogP) is 4.18. The molecule has 0 spiro atoms. The van der Waals surface area contributed by atoms with Crippen molar-refractivity contribution in [3.05, 3.63) is 53.3 Å². The fraction of sp³-hybridized carbons (Fsp3) is 0.222. The zero-order valence-corrected chi connectivity index (χ0v) is 16.1. The first-order valence-corrected chi connectivity index (χ1v) is 10.2. The first kappa shape index (κ1) is 17.0. The molecule has 132 valence electrons. The molecule has 0 radical (unpaired) electrons. The van der Waals surface area contributed by atoms with E-state index in [0.717, 1.165) is 45.0 Å². The van der Waals surface area contributed by atoms with Crippen LogP contribution in [0.25, 0.3) is 22.0 Å². The van der Waals surface area contributed by atoms with Gasteiger partial charge in [0.25, 0.3) is 0 Å². The van der Waals surface area contributed by atoms with Crippen LogP contribution in [0.2, 0.25) is 0 Å². The summed E-state index contributed by atoms with van der Waals surface area (Å²) in [5, 5.41) is 15.3. The van der Waals surface area contributed by atoms with Crippen LogP contribution in [0.3, 0.4) is 0 Å². The zero-order chi connectivity index (χ0) is 17.9. The van der Waals surface area contributed by atoms with Crippen LogP contribution in [0, 0.1) is 0 Å². The van der Waals surface area contributed by atoms with Crippen LogP contribution in [0.5, 0.6) is 0 Å². The molecule has 0 saturated heterocycles. The molecule has 0 atom stereocenters. The summed E-state index contributed by atoms with van der Waals surface area (Å²) < 4.78 is 1.79. The fourth-order valence-electron chi connectivity index (χ4n) is 2.51. The first-order valence-electron chi connectivity index (χ1n) is 8.29. The number of benzene rings is 1. The second-order valence-electron chi connectivity index (χ2n) is 5.85. The maximum Gasteiger partial charge on any atom is 0.209 e. The third kappa shape index (κ3) is 3.71. The van der Waals surface area contributed by atoms with Crippen LogP contribution in [-0.2, 0) is 19.2 Å². The number of nitrogens with one attached hydrogen (secondary N) is 1. The number of H-pyrrole nitrogens is 1. The van der Waals surface area contributed by atoms with Crippen molar-refractivity contribution < 1.29 is 0 Å². The Balaban J connectivity index is 1.41. The molecule has 0 bridgehead atoms. The van der Waals surface area contributed by atoms with Crippen LogP contribution in [-0.4, -0.2) is 29.9 Å². The number of aromatic nitrogens is 6. The number of thioether (sulfide) groups is 1. The van der Waals surface area contributed by atoms with E-state index in [4.69, 9.17) is 0 Å². The second kappa shape index (κ2) is 7.43. The zero-order valence-electron chi connectivity index (χ0n) is 14.5. The molecule has 6 nitrogen and oxygen atoms in total. The average molecular weight is 383 g/mol. The van der Waals surface area contributed by atoms with Crippen molar-refractivity contribution in [1.82, 2.24) is 29.9 Å². The lowest BCUT2D eigenvalue weighted by molar-refractivity contribution is 0.768. The number of aryl methyl sites for hydroxylation is 2. The Hall–Kier alpha value is -2.45. The van der Waals surface area contributed by atoms with E-state index in [2.05, 4.69) is 61.8 Å². The van der Waals surface area contributed by atoms with Crippen LogP contribution in [0.1, 0.15) is 18.2 Å². The summed E-state index contributed by atoms with van der Waals surface area (Å²) >= 11 is 3.21. The number of rotatable bonds is 6. The summed E-state index contributed by atoms with van der Waals surface area (Å²) in [4.78, 5) is 9.25. The Morgan fingerprint density at radius 1 is 1.15 bits per heavy atom. The van der Waals surface area contributed by atoms with E-state index in [1.807, 2.05) is 19.4 Å². The summed E-state index contributed by atoms with van der Waals surface area (Å²) in [6.07, 6.45) is 4.84. The minimum atomic E-state index is 0.732. The minimum Gasteiger partial charge on any atom is -0.275 e. The molecule has 0 aliphatic rings. The van der Waals surface area contributed by atoms with Crippen molar-refractivity contribution >= 4 is 23.1 Å². The highest BCUT2D eigenvalue weighted by Gasteiger charge is 2.10.